The van der Waals surface area contributed by atoms with E-state index in [1.54, 1.807) is 0 Å². The second-order valence-corrected chi connectivity index (χ2v) is 4.05. The second kappa shape index (κ2) is 3.75. The number of nitrogens with one attached hydrogen (secondary N) is 1. The first-order valence-electron chi connectivity index (χ1n) is 5.25. The van der Waals surface area contributed by atoms with Crippen molar-refractivity contribution in [1.29, 1.82) is 0 Å². The fourth-order valence-electron chi connectivity index (χ4n) is 1.98. The molecule has 1 saturated heterocycles. The van der Waals surface area contributed by atoms with Gasteiger partial charge in [0.15, 0.2) is 0 Å². The van der Waals surface area contributed by atoms with Crippen molar-refractivity contribution in [2.45, 2.75) is 44.8 Å². The average Bonchev–Trinajstić information content (AvgIpc) is 2.81. The minimum atomic E-state index is 0.538. The number of rotatable bonds is 4. The summed E-state index contributed by atoms with van der Waals surface area (Å²) in [6.45, 7) is 4.39. The molecule has 0 amide bonds. The first kappa shape index (κ1) is 8.52. The summed E-state index contributed by atoms with van der Waals surface area (Å²) in [5.41, 5.74) is 0. The van der Waals surface area contributed by atoms with Crippen LogP contribution in [0, 0.1) is 5.92 Å². The number of ether oxygens (including phenoxy) is 1. The Morgan fingerprint density at radius 1 is 1.33 bits per heavy atom. The lowest BCUT2D eigenvalue weighted by atomic mass is 10.00. The van der Waals surface area contributed by atoms with Gasteiger partial charge in [0, 0.05) is 19.2 Å². The quantitative estimate of drug-likeness (QED) is 0.689. The van der Waals surface area contributed by atoms with Gasteiger partial charge in [-0.25, -0.2) is 0 Å². The SMILES string of the molecule is CCC1OCCC1CNC1CC1. The maximum absolute atomic E-state index is 5.63. The van der Waals surface area contributed by atoms with Gasteiger partial charge in [0.05, 0.1) is 6.10 Å². The van der Waals surface area contributed by atoms with E-state index in [1.807, 2.05) is 0 Å². The van der Waals surface area contributed by atoms with Crippen molar-refractivity contribution in [2.24, 2.45) is 5.92 Å². The molecular formula is C10H19NO. The van der Waals surface area contributed by atoms with Crippen LogP contribution in [-0.2, 0) is 4.74 Å². The molecule has 0 aromatic carbocycles. The summed E-state index contributed by atoms with van der Waals surface area (Å²) in [7, 11) is 0. The lowest BCUT2D eigenvalue weighted by Crippen LogP contribution is -2.29. The predicted octanol–water partition coefficient (Wildman–Crippen LogP) is 1.55. The molecule has 2 rings (SSSR count). The smallest absolute Gasteiger partial charge is 0.0613 e. The largest absolute Gasteiger partial charge is 0.378 e. The summed E-state index contributed by atoms with van der Waals surface area (Å²) in [4.78, 5) is 0. The molecule has 0 aromatic rings. The summed E-state index contributed by atoms with van der Waals surface area (Å²) < 4.78 is 5.63. The molecule has 2 heteroatoms. The Hall–Kier alpha value is -0.0800. The van der Waals surface area contributed by atoms with Crippen LogP contribution in [-0.4, -0.2) is 25.3 Å². The van der Waals surface area contributed by atoms with Gasteiger partial charge >= 0.3 is 0 Å². The van der Waals surface area contributed by atoms with Crippen molar-refractivity contribution < 1.29 is 4.74 Å². The van der Waals surface area contributed by atoms with Crippen LogP contribution in [0.2, 0.25) is 0 Å². The van der Waals surface area contributed by atoms with Crippen molar-refractivity contribution >= 4 is 0 Å². The van der Waals surface area contributed by atoms with Crippen LogP contribution in [0.3, 0.4) is 0 Å². The number of hydrogen-bond acceptors (Lipinski definition) is 2. The van der Waals surface area contributed by atoms with E-state index in [-0.39, 0.29) is 0 Å². The number of hydrogen-bond donors (Lipinski definition) is 1. The van der Waals surface area contributed by atoms with Gasteiger partial charge in [-0.05, 0) is 31.6 Å². The highest BCUT2D eigenvalue weighted by Gasteiger charge is 2.28. The van der Waals surface area contributed by atoms with Crippen molar-refractivity contribution in [2.75, 3.05) is 13.2 Å². The average molecular weight is 169 g/mol. The molecule has 2 aliphatic rings. The van der Waals surface area contributed by atoms with Gasteiger partial charge in [0.25, 0.3) is 0 Å². The Labute approximate surface area is 74.7 Å². The third kappa shape index (κ3) is 1.99. The summed E-state index contributed by atoms with van der Waals surface area (Å²) in [5, 5.41) is 3.58. The molecule has 0 radical (unpaired) electrons. The third-order valence-electron chi connectivity index (χ3n) is 2.99. The van der Waals surface area contributed by atoms with E-state index in [2.05, 4.69) is 12.2 Å². The van der Waals surface area contributed by atoms with E-state index in [1.165, 1.54) is 32.2 Å². The van der Waals surface area contributed by atoms with Crippen molar-refractivity contribution in [3.8, 4) is 0 Å². The van der Waals surface area contributed by atoms with Crippen LogP contribution in [0.5, 0.6) is 0 Å². The molecule has 70 valence electrons. The predicted molar refractivity (Wildman–Crippen MR) is 49.2 cm³/mol. The molecule has 0 bridgehead atoms. The fraction of sp³-hybridized carbons (Fsp3) is 1.00. The highest BCUT2D eigenvalue weighted by atomic mass is 16.5. The van der Waals surface area contributed by atoms with Gasteiger partial charge in [0.1, 0.15) is 0 Å². The van der Waals surface area contributed by atoms with E-state index < -0.39 is 0 Å². The fourth-order valence-corrected chi connectivity index (χ4v) is 1.98. The standard InChI is InChI=1S/C10H19NO/c1-2-10-8(5-6-12-10)7-11-9-3-4-9/h8-11H,2-7H2,1H3. The van der Waals surface area contributed by atoms with Gasteiger partial charge in [-0.2, -0.15) is 0 Å². The summed E-state index contributed by atoms with van der Waals surface area (Å²) >= 11 is 0. The van der Waals surface area contributed by atoms with Crippen LogP contribution >= 0.6 is 0 Å². The summed E-state index contributed by atoms with van der Waals surface area (Å²) in [5.74, 6) is 0.788. The molecule has 1 saturated carbocycles. The molecular weight excluding hydrogens is 150 g/mol. The van der Waals surface area contributed by atoms with Crippen molar-refractivity contribution in [1.82, 2.24) is 5.32 Å². The zero-order valence-electron chi connectivity index (χ0n) is 7.88. The molecule has 12 heavy (non-hydrogen) atoms. The van der Waals surface area contributed by atoms with E-state index >= 15 is 0 Å². The Morgan fingerprint density at radius 3 is 2.83 bits per heavy atom. The third-order valence-corrected chi connectivity index (χ3v) is 2.99. The van der Waals surface area contributed by atoms with Crippen LogP contribution in [0.25, 0.3) is 0 Å². The van der Waals surface area contributed by atoms with Crippen molar-refractivity contribution in [3.63, 3.8) is 0 Å². The zero-order chi connectivity index (χ0) is 8.39. The highest BCUT2D eigenvalue weighted by molar-refractivity contribution is 4.84. The van der Waals surface area contributed by atoms with Crippen LogP contribution in [0.1, 0.15) is 32.6 Å². The summed E-state index contributed by atoms with van der Waals surface area (Å²) in [6.07, 6.45) is 5.76. The Morgan fingerprint density at radius 2 is 2.17 bits per heavy atom. The zero-order valence-corrected chi connectivity index (χ0v) is 7.88. The molecule has 2 fully saturated rings. The maximum Gasteiger partial charge on any atom is 0.0613 e. The van der Waals surface area contributed by atoms with E-state index in [0.29, 0.717) is 6.10 Å². The van der Waals surface area contributed by atoms with E-state index in [9.17, 15) is 0 Å². The van der Waals surface area contributed by atoms with Crippen LogP contribution in [0.4, 0.5) is 0 Å². The lowest BCUT2D eigenvalue weighted by Gasteiger charge is -2.16. The van der Waals surface area contributed by atoms with Gasteiger partial charge in [-0.3, -0.25) is 0 Å². The molecule has 2 nitrogen and oxygen atoms in total. The Balaban J connectivity index is 1.69. The second-order valence-electron chi connectivity index (χ2n) is 4.05. The first-order chi connectivity index (χ1) is 5.90. The maximum atomic E-state index is 5.63. The molecule has 2 atom stereocenters. The van der Waals surface area contributed by atoms with Crippen molar-refractivity contribution in [3.05, 3.63) is 0 Å². The van der Waals surface area contributed by atoms with Gasteiger partial charge < -0.3 is 10.1 Å². The molecule has 0 spiro atoms. The summed E-state index contributed by atoms with van der Waals surface area (Å²) in [6, 6.07) is 0.850. The van der Waals surface area contributed by atoms with Gasteiger partial charge in [-0.15, -0.1) is 0 Å². The molecule has 1 heterocycles. The van der Waals surface area contributed by atoms with Crippen LogP contribution < -0.4 is 5.32 Å². The first-order valence-corrected chi connectivity index (χ1v) is 5.25. The minimum Gasteiger partial charge on any atom is -0.378 e. The lowest BCUT2D eigenvalue weighted by molar-refractivity contribution is 0.0872. The normalized spacial score (nSPS) is 35.8. The molecule has 0 aromatic heterocycles. The highest BCUT2D eigenvalue weighted by Crippen LogP contribution is 2.25. The molecule has 1 N–H and O–H groups in total. The van der Waals surface area contributed by atoms with Gasteiger partial charge in [0.2, 0.25) is 0 Å². The Kier molecular flexibility index (Phi) is 2.66. The molecule has 1 aliphatic carbocycles. The van der Waals surface area contributed by atoms with E-state index in [4.69, 9.17) is 4.74 Å². The van der Waals surface area contributed by atoms with Gasteiger partial charge in [-0.1, -0.05) is 6.92 Å². The van der Waals surface area contributed by atoms with Crippen LogP contribution in [0.15, 0.2) is 0 Å². The minimum absolute atomic E-state index is 0.538. The van der Waals surface area contributed by atoms with E-state index in [0.717, 1.165) is 18.6 Å². The molecule has 2 unspecified atom stereocenters. The topological polar surface area (TPSA) is 21.3 Å². The Bertz CT molecular complexity index is 145. The monoisotopic (exact) mass is 169 g/mol. The molecule has 1 aliphatic heterocycles.